The van der Waals surface area contributed by atoms with Crippen LogP contribution in [0, 0.1) is 0 Å². The van der Waals surface area contributed by atoms with Crippen molar-refractivity contribution < 1.29 is 20.1 Å². The van der Waals surface area contributed by atoms with E-state index in [1.165, 1.54) is 193 Å². The van der Waals surface area contributed by atoms with Gasteiger partial charge in [0.05, 0.1) is 18.8 Å². The van der Waals surface area contributed by atoms with Crippen LogP contribution in [-0.2, 0) is 4.79 Å². The summed E-state index contributed by atoms with van der Waals surface area (Å²) in [6.07, 6.45) is 54.5. The van der Waals surface area contributed by atoms with E-state index in [2.05, 4.69) is 43.5 Å². The van der Waals surface area contributed by atoms with Crippen molar-refractivity contribution in [3.05, 3.63) is 24.3 Å². The number of carbonyl (C=O) groups excluding carboxylic acids is 1. The van der Waals surface area contributed by atoms with Crippen LogP contribution in [0.2, 0.25) is 0 Å². The van der Waals surface area contributed by atoms with Gasteiger partial charge in [0.25, 0.3) is 0 Å². The quantitative estimate of drug-likeness (QED) is 0.0368. The van der Waals surface area contributed by atoms with Gasteiger partial charge in [-0.3, -0.25) is 4.79 Å². The van der Waals surface area contributed by atoms with Crippen LogP contribution in [0.1, 0.15) is 258 Å². The Morgan fingerprint density at radius 3 is 1.07 bits per heavy atom. The number of allylic oxidation sites excluding steroid dienone is 4. The fraction of sp³-hybridized carbons (Fsp3) is 0.898. The van der Waals surface area contributed by atoms with Crippen molar-refractivity contribution in [2.75, 3.05) is 6.61 Å². The molecule has 0 bridgehead atoms. The van der Waals surface area contributed by atoms with Crippen molar-refractivity contribution in [2.24, 2.45) is 0 Å². The highest BCUT2D eigenvalue weighted by molar-refractivity contribution is 5.76. The molecule has 0 fully saturated rings. The summed E-state index contributed by atoms with van der Waals surface area (Å²) in [6.45, 7) is 4.18. The molecule has 54 heavy (non-hydrogen) atoms. The molecule has 0 aromatic heterocycles. The predicted octanol–water partition coefficient (Wildman–Crippen LogP) is 14.2. The van der Waals surface area contributed by atoms with Gasteiger partial charge in [0.1, 0.15) is 6.10 Å². The van der Waals surface area contributed by atoms with Crippen LogP contribution < -0.4 is 5.32 Å². The standard InChI is InChI=1S/C49H95NO4/c1-3-5-7-9-11-13-15-17-19-20-21-22-23-24-25-26-27-28-30-32-34-36-38-40-42-44-48(53)50-46(45-51)49(54)47(52)43-41-39-37-35-33-31-29-18-16-14-12-10-8-6-4-2/h24-25,35,37,46-47,49,51-52,54H,3-23,26-34,36,38-45H2,1-2H3,(H,50,53)/b25-24-,37-35+. The maximum Gasteiger partial charge on any atom is 0.220 e. The van der Waals surface area contributed by atoms with E-state index in [9.17, 15) is 20.1 Å². The number of hydrogen-bond donors (Lipinski definition) is 4. The highest BCUT2D eigenvalue weighted by Gasteiger charge is 2.26. The van der Waals surface area contributed by atoms with E-state index < -0.39 is 18.2 Å². The summed E-state index contributed by atoms with van der Waals surface area (Å²) in [6, 6.07) is -0.825. The summed E-state index contributed by atoms with van der Waals surface area (Å²) in [7, 11) is 0. The lowest BCUT2D eigenvalue weighted by Gasteiger charge is -2.26. The van der Waals surface area contributed by atoms with Gasteiger partial charge in [0.15, 0.2) is 0 Å². The first-order chi connectivity index (χ1) is 26.6. The average molecular weight is 762 g/mol. The lowest BCUT2D eigenvalue weighted by molar-refractivity contribution is -0.124. The molecule has 0 heterocycles. The van der Waals surface area contributed by atoms with Gasteiger partial charge in [-0.25, -0.2) is 0 Å². The van der Waals surface area contributed by atoms with Crippen molar-refractivity contribution in [1.29, 1.82) is 0 Å². The average Bonchev–Trinajstić information content (AvgIpc) is 3.18. The van der Waals surface area contributed by atoms with Crippen LogP contribution in [-0.4, -0.2) is 46.1 Å². The molecule has 3 unspecified atom stereocenters. The number of amides is 1. The fourth-order valence-corrected chi connectivity index (χ4v) is 7.51. The van der Waals surface area contributed by atoms with Gasteiger partial charge in [-0.1, -0.05) is 212 Å². The molecule has 0 aliphatic rings. The lowest BCUT2D eigenvalue weighted by atomic mass is 10.0. The Labute approximate surface area is 337 Å². The molecule has 0 aromatic carbocycles. The number of hydrogen-bond acceptors (Lipinski definition) is 4. The summed E-state index contributed by atoms with van der Waals surface area (Å²) >= 11 is 0. The van der Waals surface area contributed by atoms with Gasteiger partial charge in [-0.05, 0) is 64.2 Å². The van der Waals surface area contributed by atoms with Crippen molar-refractivity contribution in [1.82, 2.24) is 5.32 Å². The summed E-state index contributed by atoms with van der Waals surface area (Å²) < 4.78 is 0. The van der Waals surface area contributed by atoms with E-state index in [0.29, 0.717) is 12.8 Å². The molecular weight excluding hydrogens is 667 g/mol. The molecule has 0 spiro atoms. The van der Waals surface area contributed by atoms with Gasteiger partial charge >= 0.3 is 0 Å². The second-order valence-electron chi connectivity index (χ2n) is 16.7. The molecule has 0 saturated heterocycles. The number of unbranched alkanes of at least 4 members (excludes halogenated alkanes) is 32. The van der Waals surface area contributed by atoms with Crippen molar-refractivity contribution in [3.63, 3.8) is 0 Å². The SMILES string of the molecule is CCCCCCCCCCCC/C=C/CCCC(O)C(O)C(CO)NC(=O)CCCCCCCCCCC/C=C\CCCCCCCCCCCCCC. The summed E-state index contributed by atoms with van der Waals surface area (Å²) in [5, 5.41) is 33.5. The molecule has 1 amide bonds. The number of rotatable bonds is 44. The third-order valence-corrected chi connectivity index (χ3v) is 11.3. The summed E-state index contributed by atoms with van der Waals surface area (Å²) in [5.41, 5.74) is 0. The number of carbonyl (C=O) groups is 1. The molecule has 0 radical (unpaired) electrons. The minimum atomic E-state index is -1.16. The molecule has 320 valence electrons. The van der Waals surface area contributed by atoms with E-state index >= 15 is 0 Å². The van der Waals surface area contributed by atoms with Crippen LogP contribution in [0.5, 0.6) is 0 Å². The van der Waals surface area contributed by atoms with E-state index in [4.69, 9.17) is 0 Å². The number of aliphatic hydroxyl groups is 3. The monoisotopic (exact) mass is 762 g/mol. The zero-order valence-electron chi connectivity index (χ0n) is 36.4. The van der Waals surface area contributed by atoms with Gasteiger partial charge < -0.3 is 20.6 Å². The summed E-state index contributed by atoms with van der Waals surface area (Å²) in [5.74, 6) is -0.154. The Hall–Kier alpha value is -1.17. The van der Waals surface area contributed by atoms with Gasteiger partial charge in [-0.15, -0.1) is 0 Å². The zero-order valence-corrected chi connectivity index (χ0v) is 36.4. The van der Waals surface area contributed by atoms with Gasteiger partial charge in [0.2, 0.25) is 5.91 Å². The Bertz CT molecular complexity index is 799. The first-order valence-electron chi connectivity index (χ1n) is 24.1. The normalized spacial score (nSPS) is 13.6. The molecule has 5 nitrogen and oxygen atoms in total. The molecule has 0 aliphatic carbocycles. The molecule has 0 saturated carbocycles. The van der Waals surface area contributed by atoms with Crippen molar-refractivity contribution in [3.8, 4) is 0 Å². The Balaban J connectivity index is 3.59. The summed E-state index contributed by atoms with van der Waals surface area (Å²) in [4.78, 5) is 12.4. The first-order valence-corrected chi connectivity index (χ1v) is 24.1. The minimum absolute atomic E-state index is 0.154. The van der Waals surface area contributed by atoms with E-state index in [-0.39, 0.29) is 12.5 Å². The van der Waals surface area contributed by atoms with Crippen LogP contribution in [0.3, 0.4) is 0 Å². The van der Waals surface area contributed by atoms with Crippen LogP contribution >= 0.6 is 0 Å². The number of aliphatic hydroxyl groups excluding tert-OH is 3. The third-order valence-electron chi connectivity index (χ3n) is 11.3. The fourth-order valence-electron chi connectivity index (χ4n) is 7.51. The molecule has 5 heteroatoms. The maximum atomic E-state index is 12.4. The Morgan fingerprint density at radius 1 is 0.444 bits per heavy atom. The third kappa shape index (κ3) is 39.1. The van der Waals surface area contributed by atoms with E-state index in [1.54, 1.807) is 0 Å². The Morgan fingerprint density at radius 2 is 0.741 bits per heavy atom. The molecule has 0 aromatic rings. The topological polar surface area (TPSA) is 89.8 Å². The Kier molecular flexibility index (Phi) is 43.6. The molecule has 4 N–H and O–H groups in total. The van der Waals surface area contributed by atoms with Crippen LogP contribution in [0.25, 0.3) is 0 Å². The largest absolute Gasteiger partial charge is 0.394 e. The van der Waals surface area contributed by atoms with E-state index in [0.717, 1.165) is 38.5 Å². The van der Waals surface area contributed by atoms with Crippen LogP contribution in [0.15, 0.2) is 24.3 Å². The first kappa shape index (κ1) is 52.8. The molecule has 3 atom stereocenters. The zero-order chi connectivity index (χ0) is 39.4. The highest BCUT2D eigenvalue weighted by atomic mass is 16.3. The molecular formula is C49H95NO4. The second kappa shape index (κ2) is 44.5. The minimum Gasteiger partial charge on any atom is -0.394 e. The van der Waals surface area contributed by atoms with Gasteiger partial charge in [0, 0.05) is 6.42 Å². The van der Waals surface area contributed by atoms with Crippen molar-refractivity contribution in [2.45, 2.75) is 276 Å². The molecule has 0 rings (SSSR count). The number of nitrogens with one attached hydrogen (secondary N) is 1. The van der Waals surface area contributed by atoms with Crippen molar-refractivity contribution >= 4 is 5.91 Å². The smallest absolute Gasteiger partial charge is 0.220 e. The highest BCUT2D eigenvalue weighted by Crippen LogP contribution is 2.16. The second-order valence-corrected chi connectivity index (χ2v) is 16.7. The van der Waals surface area contributed by atoms with E-state index in [1.807, 2.05) is 0 Å². The van der Waals surface area contributed by atoms with Gasteiger partial charge in [-0.2, -0.15) is 0 Å². The predicted molar refractivity (Wildman–Crippen MR) is 236 cm³/mol. The maximum absolute atomic E-state index is 12.4. The van der Waals surface area contributed by atoms with Crippen LogP contribution in [0.4, 0.5) is 0 Å². The lowest BCUT2D eigenvalue weighted by Crippen LogP contribution is -2.50. The molecule has 0 aliphatic heterocycles.